The van der Waals surface area contributed by atoms with Gasteiger partial charge in [0, 0.05) is 38.0 Å². The molecule has 1 aliphatic heterocycles. The minimum atomic E-state index is 0.261. The molecule has 2 unspecified atom stereocenters. The molecular weight excluding hydrogens is 240 g/mol. The third-order valence-electron chi connectivity index (χ3n) is 4.11. The first-order chi connectivity index (χ1) is 9.17. The molecule has 1 saturated heterocycles. The highest BCUT2D eigenvalue weighted by molar-refractivity contribution is 5.21. The van der Waals surface area contributed by atoms with E-state index in [1.807, 2.05) is 17.9 Å². The van der Waals surface area contributed by atoms with Gasteiger partial charge in [-0.05, 0) is 33.2 Å². The minimum Gasteiger partial charge on any atom is -0.377 e. The van der Waals surface area contributed by atoms with Crippen molar-refractivity contribution in [3.05, 3.63) is 17.5 Å². The van der Waals surface area contributed by atoms with Crippen LogP contribution in [0.3, 0.4) is 0 Å². The number of hydrogen-bond donors (Lipinski definition) is 1. The Labute approximate surface area is 115 Å². The quantitative estimate of drug-likeness (QED) is 0.871. The number of ether oxygens (including phenoxy) is 1. The van der Waals surface area contributed by atoms with Gasteiger partial charge in [0.1, 0.15) is 0 Å². The summed E-state index contributed by atoms with van der Waals surface area (Å²) >= 11 is 0. The van der Waals surface area contributed by atoms with Gasteiger partial charge in [-0.15, -0.1) is 0 Å². The third-order valence-corrected chi connectivity index (χ3v) is 4.11. The fourth-order valence-corrected chi connectivity index (χ4v) is 2.94. The summed E-state index contributed by atoms with van der Waals surface area (Å²) in [5.41, 5.74) is 8.47. The predicted molar refractivity (Wildman–Crippen MR) is 76.0 cm³/mol. The molecule has 5 heteroatoms. The normalized spacial score (nSPS) is 22.6. The van der Waals surface area contributed by atoms with Crippen molar-refractivity contribution in [2.75, 3.05) is 26.2 Å². The lowest BCUT2D eigenvalue weighted by Gasteiger charge is -2.37. The first kappa shape index (κ1) is 14.5. The molecule has 5 nitrogen and oxygen atoms in total. The molecule has 2 N–H and O–H groups in total. The molecule has 0 radical (unpaired) electrons. The largest absolute Gasteiger partial charge is 0.377 e. The summed E-state index contributed by atoms with van der Waals surface area (Å²) in [5.74, 6) is 0. The van der Waals surface area contributed by atoms with Crippen LogP contribution in [0.2, 0.25) is 0 Å². The lowest BCUT2D eigenvalue weighted by molar-refractivity contribution is -0.00668. The molecule has 108 valence electrons. The molecule has 2 atom stereocenters. The maximum Gasteiger partial charge on any atom is 0.0702 e. The molecule has 2 rings (SSSR count). The summed E-state index contributed by atoms with van der Waals surface area (Å²) < 4.78 is 7.69. The molecule has 1 aromatic rings. The predicted octanol–water partition coefficient (Wildman–Crippen LogP) is 1.23. The van der Waals surface area contributed by atoms with E-state index in [0.717, 1.165) is 26.1 Å². The molecule has 0 aliphatic carbocycles. The van der Waals surface area contributed by atoms with Crippen molar-refractivity contribution in [2.45, 2.75) is 38.8 Å². The Morgan fingerprint density at radius 1 is 1.58 bits per heavy atom. The van der Waals surface area contributed by atoms with Gasteiger partial charge < -0.3 is 10.5 Å². The van der Waals surface area contributed by atoms with E-state index in [2.05, 4.69) is 23.8 Å². The number of aromatic nitrogens is 2. The fraction of sp³-hybridized carbons (Fsp3) is 0.786. The zero-order valence-electron chi connectivity index (χ0n) is 12.3. The van der Waals surface area contributed by atoms with Gasteiger partial charge in [-0.3, -0.25) is 9.58 Å². The van der Waals surface area contributed by atoms with E-state index >= 15 is 0 Å². The van der Waals surface area contributed by atoms with Crippen molar-refractivity contribution in [1.29, 1.82) is 0 Å². The fourth-order valence-electron chi connectivity index (χ4n) is 2.94. The van der Waals surface area contributed by atoms with Crippen LogP contribution >= 0.6 is 0 Å². The van der Waals surface area contributed by atoms with Crippen LogP contribution in [0, 0.1) is 6.92 Å². The number of hydrogen-bond acceptors (Lipinski definition) is 4. The third kappa shape index (κ3) is 3.16. The molecular formula is C14H26N4O. The number of rotatable bonds is 5. The molecule has 19 heavy (non-hydrogen) atoms. The number of aryl methyl sites for hydroxylation is 1. The second-order valence-corrected chi connectivity index (χ2v) is 5.27. The van der Waals surface area contributed by atoms with E-state index in [0.29, 0.717) is 12.6 Å². The van der Waals surface area contributed by atoms with Gasteiger partial charge in [-0.2, -0.15) is 5.10 Å². The van der Waals surface area contributed by atoms with Crippen molar-refractivity contribution >= 4 is 0 Å². The number of likely N-dealkylation sites (tertiary alicyclic amines) is 1. The number of piperidine rings is 1. The Kier molecular flexibility index (Phi) is 4.96. The van der Waals surface area contributed by atoms with Crippen LogP contribution in [0.15, 0.2) is 6.20 Å². The minimum absolute atomic E-state index is 0.261. The van der Waals surface area contributed by atoms with E-state index < -0.39 is 0 Å². The Hall–Kier alpha value is -0.910. The topological polar surface area (TPSA) is 56.3 Å². The Bertz CT molecular complexity index is 402. The molecule has 1 fully saturated rings. The molecule has 0 amide bonds. The van der Waals surface area contributed by atoms with Crippen molar-refractivity contribution in [3.63, 3.8) is 0 Å². The Morgan fingerprint density at radius 2 is 2.37 bits per heavy atom. The van der Waals surface area contributed by atoms with Gasteiger partial charge in [0.05, 0.1) is 18.3 Å². The van der Waals surface area contributed by atoms with E-state index in [1.165, 1.54) is 17.7 Å². The molecule has 1 aromatic heterocycles. The monoisotopic (exact) mass is 266 g/mol. The van der Waals surface area contributed by atoms with Crippen LogP contribution in [0.25, 0.3) is 0 Å². The van der Waals surface area contributed by atoms with E-state index in [9.17, 15) is 0 Å². The number of nitrogens with zero attached hydrogens (tertiary/aromatic N) is 3. The Morgan fingerprint density at radius 3 is 2.95 bits per heavy atom. The summed E-state index contributed by atoms with van der Waals surface area (Å²) in [7, 11) is 1.98. The van der Waals surface area contributed by atoms with Crippen molar-refractivity contribution in [3.8, 4) is 0 Å². The van der Waals surface area contributed by atoms with Crippen LogP contribution < -0.4 is 5.73 Å². The summed E-state index contributed by atoms with van der Waals surface area (Å²) in [6.45, 7) is 7.66. The molecule has 0 spiro atoms. The summed E-state index contributed by atoms with van der Waals surface area (Å²) in [5, 5.41) is 4.34. The smallest absolute Gasteiger partial charge is 0.0702 e. The molecule has 0 aromatic carbocycles. The standard InChI is InChI=1S/C14H26N4O/c1-4-19-12-6-5-7-18(10-12)14(8-15)13-9-16-17(3)11(13)2/h9,12,14H,4-8,10,15H2,1-3H3. The first-order valence-electron chi connectivity index (χ1n) is 7.21. The second kappa shape index (κ2) is 6.50. The van der Waals surface area contributed by atoms with Crippen LogP contribution in [0.4, 0.5) is 0 Å². The summed E-state index contributed by atoms with van der Waals surface area (Å²) in [6.07, 6.45) is 4.65. The zero-order chi connectivity index (χ0) is 13.8. The maximum atomic E-state index is 6.01. The summed E-state index contributed by atoms with van der Waals surface area (Å²) in [4.78, 5) is 2.45. The number of nitrogens with two attached hydrogens (primary N) is 1. The SMILES string of the molecule is CCOC1CCCN(C(CN)c2cnn(C)c2C)C1. The maximum absolute atomic E-state index is 6.01. The highest BCUT2D eigenvalue weighted by Crippen LogP contribution is 2.26. The van der Waals surface area contributed by atoms with Crippen LogP contribution in [0.5, 0.6) is 0 Å². The van der Waals surface area contributed by atoms with Gasteiger partial charge in [0.15, 0.2) is 0 Å². The zero-order valence-corrected chi connectivity index (χ0v) is 12.3. The van der Waals surface area contributed by atoms with Gasteiger partial charge in [-0.25, -0.2) is 0 Å². The highest BCUT2D eigenvalue weighted by Gasteiger charge is 2.28. The highest BCUT2D eigenvalue weighted by atomic mass is 16.5. The molecule has 0 saturated carbocycles. The molecule has 0 bridgehead atoms. The van der Waals surface area contributed by atoms with E-state index in [-0.39, 0.29) is 6.04 Å². The average Bonchev–Trinajstić information content (AvgIpc) is 2.73. The van der Waals surface area contributed by atoms with Gasteiger partial charge in [0.2, 0.25) is 0 Å². The van der Waals surface area contributed by atoms with Crippen molar-refractivity contribution in [2.24, 2.45) is 12.8 Å². The van der Waals surface area contributed by atoms with Gasteiger partial charge >= 0.3 is 0 Å². The van der Waals surface area contributed by atoms with Crippen LogP contribution in [-0.2, 0) is 11.8 Å². The van der Waals surface area contributed by atoms with Crippen LogP contribution in [0.1, 0.15) is 37.1 Å². The van der Waals surface area contributed by atoms with Gasteiger partial charge in [0.25, 0.3) is 0 Å². The Balaban J connectivity index is 2.11. The second-order valence-electron chi connectivity index (χ2n) is 5.27. The van der Waals surface area contributed by atoms with Gasteiger partial charge in [-0.1, -0.05) is 0 Å². The van der Waals surface area contributed by atoms with E-state index in [1.54, 1.807) is 0 Å². The average molecular weight is 266 g/mol. The summed E-state index contributed by atoms with van der Waals surface area (Å²) in [6, 6.07) is 0.261. The molecule has 2 heterocycles. The van der Waals surface area contributed by atoms with Crippen LogP contribution in [-0.4, -0.2) is 47.0 Å². The van der Waals surface area contributed by atoms with Crippen molar-refractivity contribution in [1.82, 2.24) is 14.7 Å². The lowest BCUT2D eigenvalue weighted by atomic mass is 10.0. The van der Waals surface area contributed by atoms with Crippen molar-refractivity contribution < 1.29 is 4.74 Å². The van der Waals surface area contributed by atoms with E-state index in [4.69, 9.17) is 10.5 Å². The lowest BCUT2D eigenvalue weighted by Crippen LogP contribution is -2.44. The first-order valence-corrected chi connectivity index (χ1v) is 7.21. The molecule has 1 aliphatic rings.